The molecule has 0 unspecified atom stereocenters. The van der Waals surface area contributed by atoms with Gasteiger partial charge in [-0.3, -0.25) is 0 Å². The summed E-state index contributed by atoms with van der Waals surface area (Å²) in [6.07, 6.45) is 1.53. The molecule has 0 fully saturated rings. The molecule has 0 aliphatic carbocycles. The van der Waals surface area contributed by atoms with Gasteiger partial charge in [0.15, 0.2) is 11.5 Å². The van der Waals surface area contributed by atoms with Crippen LogP contribution in [0.5, 0.6) is 11.5 Å². The lowest BCUT2D eigenvalue weighted by molar-refractivity contribution is 0.252. The van der Waals surface area contributed by atoms with E-state index in [4.69, 9.17) is 9.47 Å². The maximum Gasteiger partial charge on any atom is 0.339 e. The number of hydrogen-bond acceptors (Lipinski definition) is 4. The lowest BCUT2D eigenvalue weighted by Crippen LogP contribution is -2.24. The van der Waals surface area contributed by atoms with Gasteiger partial charge in [0.05, 0.1) is 16.4 Å². The lowest BCUT2D eigenvalue weighted by Gasteiger charge is -2.15. The number of halogens is 2. The van der Waals surface area contributed by atoms with Crippen molar-refractivity contribution in [3.63, 3.8) is 0 Å². The highest BCUT2D eigenvalue weighted by molar-refractivity contribution is 14.1. The minimum absolute atomic E-state index is 0.210. The zero-order valence-electron chi connectivity index (χ0n) is 17.7. The Balaban J connectivity index is 1.67. The monoisotopic (exact) mass is 547 g/mol. The number of amides is 2. The van der Waals surface area contributed by atoms with E-state index in [9.17, 15) is 9.18 Å². The van der Waals surface area contributed by atoms with E-state index in [0.29, 0.717) is 23.8 Å². The van der Waals surface area contributed by atoms with Gasteiger partial charge in [0.2, 0.25) is 0 Å². The van der Waals surface area contributed by atoms with Gasteiger partial charge in [-0.1, -0.05) is 30.3 Å². The van der Waals surface area contributed by atoms with Gasteiger partial charge in [0.1, 0.15) is 12.4 Å². The van der Waals surface area contributed by atoms with Crippen molar-refractivity contribution in [2.45, 2.75) is 20.5 Å². The van der Waals surface area contributed by atoms with Crippen LogP contribution in [0.4, 0.5) is 14.9 Å². The Morgan fingerprint density at radius 2 is 1.94 bits per heavy atom. The SMILES string of the molecule is CCOc1cc(C=NNC(=O)Nc2ccccc2C)cc(I)c1OCc1cccc(F)c1. The summed E-state index contributed by atoms with van der Waals surface area (Å²) < 4.78 is 25.9. The minimum Gasteiger partial charge on any atom is -0.490 e. The number of carbonyl (C=O) groups excluding carboxylic acids is 1. The molecule has 166 valence electrons. The Morgan fingerprint density at radius 3 is 2.69 bits per heavy atom. The number of nitrogens with one attached hydrogen (secondary N) is 2. The molecule has 0 aliphatic heterocycles. The second-order valence-corrected chi connectivity index (χ2v) is 7.98. The number of urea groups is 1. The van der Waals surface area contributed by atoms with Crippen LogP contribution < -0.4 is 20.2 Å². The third kappa shape index (κ3) is 6.68. The molecule has 2 N–H and O–H groups in total. The van der Waals surface area contributed by atoms with E-state index in [1.54, 1.807) is 18.2 Å². The van der Waals surface area contributed by atoms with Gasteiger partial charge in [-0.25, -0.2) is 14.6 Å². The second kappa shape index (κ2) is 11.5. The summed E-state index contributed by atoms with van der Waals surface area (Å²) in [5.41, 5.74) is 5.57. The fourth-order valence-electron chi connectivity index (χ4n) is 2.88. The molecule has 0 radical (unpaired) electrons. The zero-order chi connectivity index (χ0) is 22.9. The third-order valence-electron chi connectivity index (χ3n) is 4.38. The summed E-state index contributed by atoms with van der Waals surface area (Å²) >= 11 is 2.14. The first kappa shape index (κ1) is 23.5. The van der Waals surface area contributed by atoms with Crippen molar-refractivity contribution in [3.8, 4) is 11.5 Å². The number of anilines is 1. The van der Waals surface area contributed by atoms with Gasteiger partial charge in [-0.15, -0.1) is 0 Å². The highest BCUT2D eigenvalue weighted by Crippen LogP contribution is 2.34. The first-order valence-electron chi connectivity index (χ1n) is 9.95. The molecular formula is C24H23FIN3O3. The van der Waals surface area contributed by atoms with Gasteiger partial charge >= 0.3 is 6.03 Å². The van der Waals surface area contributed by atoms with Crippen LogP contribution in [0.1, 0.15) is 23.6 Å². The summed E-state index contributed by atoms with van der Waals surface area (Å²) in [6.45, 7) is 4.45. The Morgan fingerprint density at radius 1 is 1.12 bits per heavy atom. The van der Waals surface area contributed by atoms with Crippen molar-refractivity contribution in [3.05, 3.63) is 86.7 Å². The normalized spacial score (nSPS) is 10.8. The maximum absolute atomic E-state index is 13.4. The van der Waals surface area contributed by atoms with Crippen LogP contribution in [0.25, 0.3) is 0 Å². The highest BCUT2D eigenvalue weighted by atomic mass is 127. The Labute approximate surface area is 200 Å². The van der Waals surface area contributed by atoms with Crippen molar-refractivity contribution in [1.82, 2.24) is 5.43 Å². The van der Waals surface area contributed by atoms with Crippen LogP contribution in [0.2, 0.25) is 0 Å². The van der Waals surface area contributed by atoms with Crippen molar-refractivity contribution in [1.29, 1.82) is 0 Å². The van der Waals surface area contributed by atoms with Crippen molar-refractivity contribution in [2.75, 3.05) is 11.9 Å². The van der Waals surface area contributed by atoms with E-state index in [-0.39, 0.29) is 12.4 Å². The van der Waals surface area contributed by atoms with Crippen molar-refractivity contribution in [2.24, 2.45) is 5.10 Å². The first-order chi connectivity index (χ1) is 15.5. The number of benzene rings is 3. The molecule has 2 amide bonds. The molecule has 0 heterocycles. The van der Waals surface area contributed by atoms with Gasteiger partial charge in [-0.05, 0) is 83.5 Å². The molecule has 0 saturated carbocycles. The largest absolute Gasteiger partial charge is 0.490 e. The van der Waals surface area contributed by atoms with Crippen LogP contribution >= 0.6 is 22.6 Å². The molecule has 8 heteroatoms. The maximum atomic E-state index is 13.4. The summed E-state index contributed by atoms with van der Waals surface area (Å²) in [5, 5.41) is 6.76. The second-order valence-electron chi connectivity index (χ2n) is 6.82. The van der Waals surface area contributed by atoms with Gasteiger partial charge in [0.25, 0.3) is 0 Å². The van der Waals surface area contributed by atoms with Crippen LogP contribution in [-0.4, -0.2) is 18.9 Å². The minimum atomic E-state index is -0.440. The van der Waals surface area contributed by atoms with Gasteiger partial charge in [-0.2, -0.15) is 5.10 Å². The van der Waals surface area contributed by atoms with Crippen LogP contribution in [-0.2, 0) is 6.61 Å². The molecule has 32 heavy (non-hydrogen) atoms. The predicted molar refractivity (Wildman–Crippen MR) is 132 cm³/mol. The smallest absolute Gasteiger partial charge is 0.339 e. The predicted octanol–water partition coefficient (Wildman–Crippen LogP) is 5.87. The number of hydrogen-bond donors (Lipinski definition) is 2. The topological polar surface area (TPSA) is 72.0 Å². The van der Waals surface area contributed by atoms with E-state index < -0.39 is 6.03 Å². The molecule has 0 aliphatic rings. The molecule has 0 spiro atoms. The van der Waals surface area contributed by atoms with Crippen LogP contribution in [0.15, 0.2) is 65.8 Å². The lowest BCUT2D eigenvalue weighted by atomic mass is 10.2. The summed E-state index contributed by atoms with van der Waals surface area (Å²) in [6, 6.07) is 16.9. The molecule has 0 saturated heterocycles. The van der Waals surface area contributed by atoms with E-state index in [0.717, 1.165) is 20.3 Å². The van der Waals surface area contributed by atoms with Gasteiger partial charge in [0, 0.05) is 5.69 Å². The van der Waals surface area contributed by atoms with E-state index in [1.165, 1.54) is 18.3 Å². The van der Waals surface area contributed by atoms with E-state index in [1.807, 2.05) is 44.2 Å². The number of hydrazone groups is 1. The molecule has 3 aromatic carbocycles. The number of rotatable bonds is 8. The summed E-state index contributed by atoms with van der Waals surface area (Å²) in [4.78, 5) is 12.1. The van der Waals surface area contributed by atoms with Gasteiger partial charge < -0.3 is 14.8 Å². The Kier molecular flexibility index (Phi) is 8.43. The Bertz CT molecular complexity index is 1120. The molecule has 0 aromatic heterocycles. The molecular weight excluding hydrogens is 524 g/mol. The fourth-order valence-corrected chi connectivity index (χ4v) is 3.66. The standard InChI is InChI=1S/C24H23FIN3O3/c1-3-31-22-13-18(14-27-29-24(30)28-21-10-5-4-7-16(21)2)12-20(26)23(22)32-15-17-8-6-9-19(25)11-17/h4-14H,3,15H2,1-2H3,(H2,28,29,30). The number of para-hydroxylation sites is 1. The van der Waals surface area contributed by atoms with E-state index in [2.05, 4.69) is 38.4 Å². The molecule has 6 nitrogen and oxygen atoms in total. The number of carbonyl (C=O) groups is 1. The molecule has 3 rings (SSSR count). The average molecular weight is 547 g/mol. The first-order valence-corrected chi connectivity index (χ1v) is 11.0. The molecule has 3 aromatic rings. The van der Waals surface area contributed by atoms with Crippen LogP contribution in [0, 0.1) is 16.3 Å². The fraction of sp³-hybridized carbons (Fsp3) is 0.167. The van der Waals surface area contributed by atoms with Crippen molar-refractivity contribution >= 4 is 40.5 Å². The number of aryl methyl sites for hydroxylation is 1. The highest BCUT2D eigenvalue weighted by Gasteiger charge is 2.12. The molecule has 0 atom stereocenters. The third-order valence-corrected chi connectivity index (χ3v) is 5.18. The number of ether oxygens (including phenoxy) is 2. The zero-order valence-corrected chi connectivity index (χ0v) is 19.9. The summed E-state index contributed by atoms with van der Waals surface area (Å²) in [7, 11) is 0. The van der Waals surface area contributed by atoms with E-state index >= 15 is 0 Å². The van der Waals surface area contributed by atoms with Crippen molar-refractivity contribution < 1.29 is 18.7 Å². The quantitative estimate of drug-likeness (QED) is 0.211. The van der Waals surface area contributed by atoms with Crippen LogP contribution in [0.3, 0.4) is 0 Å². The number of nitrogens with zero attached hydrogens (tertiary/aromatic N) is 1. The Hall–Kier alpha value is -3.14. The molecule has 0 bridgehead atoms. The average Bonchev–Trinajstić information content (AvgIpc) is 2.75. The summed E-state index contributed by atoms with van der Waals surface area (Å²) in [5.74, 6) is 0.803.